The molecule has 120 valence electrons. The number of esters is 1. The molecule has 1 aromatic rings. The molecule has 22 heavy (non-hydrogen) atoms. The molecule has 5 heteroatoms. The van der Waals surface area contributed by atoms with Crippen LogP contribution in [0.25, 0.3) is 0 Å². The van der Waals surface area contributed by atoms with Crippen LogP contribution in [-0.4, -0.2) is 42.5 Å². The number of rotatable bonds is 5. The van der Waals surface area contributed by atoms with Crippen LogP contribution >= 0.6 is 0 Å². The number of piperidine rings is 1. The summed E-state index contributed by atoms with van der Waals surface area (Å²) in [4.78, 5) is 26.1. The van der Waals surface area contributed by atoms with Crippen LogP contribution in [0.4, 0.5) is 5.69 Å². The number of carbonyl (C=O) groups excluding carboxylic acids is 2. The summed E-state index contributed by atoms with van der Waals surface area (Å²) in [6, 6.07) is 9.24. The number of para-hydroxylation sites is 1. The maximum absolute atomic E-state index is 12.3. The van der Waals surface area contributed by atoms with Crippen LogP contribution in [0.5, 0.6) is 0 Å². The van der Waals surface area contributed by atoms with Gasteiger partial charge in [-0.3, -0.25) is 14.5 Å². The van der Waals surface area contributed by atoms with Crippen molar-refractivity contribution < 1.29 is 14.3 Å². The van der Waals surface area contributed by atoms with E-state index in [9.17, 15) is 9.59 Å². The zero-order valence-electron chi connectivity index (χ0n) is 13.2. The summed E-state index contributed by atoms with van der Waals surface area (Å²) in [7, 11) is 0. The van der Waals surface area contributed by atoms with Crippen molar-refractivity contribution >= 4 is 17.6 Å². The first-order valence-electron chi connectivity index (χ1n) is 7.88. The monoisotopic (exact) mass is 304 g/mol. The zero-order chi connectivity index (χ0) is 15.9. The molecule has 1 atom stereocenters. The molecule has 0 saturated carbocycles. The van der Waals surface area contributed by atoms with Gasteiger partial charge in [0.2, 0.25) is 5.91 Å². The predicted octanol–water partition coefficient (Wildman–Crippen LogP) is 2.29. The zero-order valence-corrected chi connectivity index (χ0v) is 13.2. The molecule has 1 amide bonds. The third-order valence-corrected chi connectivity index (χ3v) is 4.12. The SMILES string of the molecule is CCOC(=O)C1CCN([C@H](C)C(=O)Nc2ccccc2)CC1. The molecule has 0 aromatic heterocycles. The Bertz CT molecular complexity index is 496. The Morgan fingerprint density at radius 3 is 2.50 bits per heavy atom. The minimum Gasteiger partial charge on any atom is -0.466 e. The highest BCUT2D eigenvalue weighted by Gasteiger charge is 2.30. The van der Waals surface area contributed by atoms with Gasteiger partial charge in [0.25, 0.3) is 0 Å². The van der Waals surface area contributed by atoms with Crippen LogP contribution in [0.3, 0.4) is 0 Å². The van der Waals surface area contributed by atoms with Crippen molar-refractivity contribution in [1.29, 1.82) is 0 Å². The van der Waals surface area contributed by atoms with Crippen LogP contribution in [0.2, 0.25) is 0 Å². The average Bonchev–Trinajstić information content (AvgIpc) is 2.55. The van der Waals surface area contributed by atoms with Crippen LogP contribution < -0.4 is 5.32 Å². The van der Waals surface area contributed by atoms with Gasteiger partial charge in [0.15, 0.2) is 0 Å². The third kappa shape index (κ3) is 4.31. The van der Waals surface area contributed by atoms with E-state index in [0.717, 1.165) is 31.6 Å². The quantitative estimate of drug-likeness (QED) is 0.848. The van der Waals surface area contributed by atoms with Crippen molar-refractivity contribution in [1.82, 2.24) is 4.90 Å². The van der Waals surface area contributed by atoms with E-state index < -0.39 is 0 Å². The smallest absolute Gasteiger partial charge is 0.309 e. The first kappa shape index (κ1) is 16.5. The van der Waals surface area contributed by atoms with Gasteiger partial charge in [0, 0.05) is 5.69 Å². The number of hydrogen-bond donors (Lipinski definition) is 1. The molecular formula is C17H24N2O3. The summed E-state index contributed by atoms with van der Waals surface area (Å²) in [5.74, 6) is -0.148. The minimum absolute atomic E-state index is 0.0132. The Morgan fingerprint density at radius 1 is 1.27 bits per heavy atom. The van der Waals surface area contributed by atoms with Gasteiger partial charge in [-0.25, -0.2) is 0 Å². The minimum atomic E-state index is -0.205. The fourth-order valence-electron chi connectivity index (χ4n) is 2.72. The fourth-order valence-corrected chi connectivity index (χ4v) is 2.72. The Morgan fingerprint density at radius 2 is 1.91 bits per heavy atom. The second kappa shape index (κ2) is 7.94. The molecule has 1 aliphatic rings. The van der Waals surface area contributed by atoms with Crippen LogP contribution in [0.1, 0.15) is 26.7 Å². The lowest BCUT2D eigenvalue weighted by Crippen LogP contribution is -2.47. The van der Waals surface area contributed by atoms with Crippen molar-refractivity contribution in [2.24, 2.45) is 5.92 Å². The highest BCUT2D eigenvalue weighted by atomic mass is 16.5. The van der Waals surface area contributed by atoms with Gasteiger partial charge in [0.05, 0.1) is 18.6 Å². The summed E-state index contributed by atoms with van der Waals surface area (Å²) in [6.07, 6.45) is 1.50. The Balaban J connectivity index is 1.83. The maximum atomic E-state index is 12.3. The largest absolute Gasteiger partial charge is 0.466 e. The molecule has 0 aliphatic carbocycles. The van der Waals surface area contributed by atoms with Gasteiger partial charge in [-0.05, 0) is 51.9 Å². The molecule has 0 bridgehead atoms. The lowest BCUT2D eigenvalue weighted by atomic mass is 9.96. The summed E-state index contributed by atoms with van der Waals surface area (Å²) < 4.78 is 5.07. The van der Waals surface area contributed by atoms with E-state index in [1.54, 1.807) is 0 Å². The van der Waals surface area contributed by atoms with E-state index in [1.807, 2.05) is 44.2 Å². The second-order valence-electron chi connectivity index (χ2n) is 5.59. The number of anilines is 1. The molecule has 1 aliphatic heterocycles. The molecule has 2 rings (SSSR count). The van der Waals surface area contributed by atoms with E-state index in [0.29, 0.717) is 6.61 Å². The van der Waals surface area contributed by atoms with Gasteiger partial charge < -0.3 is 10.1 Å². The van der Waals surface area contributed by atoms with E-state index in [-0.39, 0.29) is 23.8 Å². The standard InChI is InChI=1S/C17H24N2O3/c1-3-22-17(21)14-9-11-19(12-10-14)13(2)16(20)18-15-7-5-4-6-8-15/h4-8,13-14H,3,9-12H2,1-2H3,(H,18,20)/t13-/m1/s1. The molecule has 1 aromatic carbocycles. The molecule has 0 radical (unpaired) electrons. The number of nitrogens with zero attached hydrogens (tertiary/aromatic N) is 1. The fraction of sp³-hybridized carbons (Fsp3) is 0.529. The Labute approximate surface area is 131 Å². The molecule has 0 spiro atoms. The average molecular weight is 304 g/mol. The van der Waals surface area contributed by atoms with Crippen LogP contribution in [-0.2, 0) is 14.3 Å². The van der Waals surface area contributed by atoms with E-state index in [4.69, 9.17) is 4.74 Å². The number of likely N-dealkylation sites (tertiary alicyclic amines) is 1. The predicted molar refractivity (Wildman–Crippen MR) is 85.5 cm³/mol. The van der Waals surface area contributed by atoms with Gasteiger partial charge in [-0.2, -0.15) is 0 Å². The van der Waals surface area contributed by atoms with Crippen molar-refractivity contribution in [2.45, 2.75) is 32.7 Å². The summed E-state index contributed by atoms with van der Waals surface area (Å²) >= 11 is 0. The van der Waals surface area contributed by atoms with Crippen LogP contribution in [0, 0.1) is 5.92 Å². The Kier molecular flexibility index (Phi) is 5.95. The first-order valence-corrected chi connectivity index (χ1v) is 7.88. The highest BCUT2D eigenvalue weighted by Crippen LogP contribution is 2.21. The van der Waals surface area contributed by atoms with Gasteiger partial charge in [-0.1, -0.05) is 18.2 Å². The van der Waals surface area contributed by atoms with E-state index >= 15 is 0 Å². The number of amides is 1. The number of ether oxygens (including phenoxy) is 1. The Hall–Kier alpha value is -1.88. The van der Waals surface area contributed by atoms with E-state index in [1.165, 1.54) is 0 Å². The topological polar surface area (TPSA) is 58.6 Å². The number of carbonyl (C=O) groups is 2. The van der Waals surface area contributed by atoms with Crippen molar-refractivity contribution in [3.8, 4) is 0 Å². The summed E-state index contributed by atoms with van der Waals surface area (Å²) in [5, 5.41) is 2.92. The molecule has 5 nitrogen and oxygen atoms in total. The molecule has 0 unspecified atom stereocenters. The molecule has 1 N–H and O–H groups in total. The van der Waals surface area contributed by atoms with Gasteiger partial charge in [0.1, 0.15) is 0 Å². The number of nitrogens with one attached hydrogen (secondary N) is 1. The molecular weight excluding hydrogens is 280 g/mol. The van der Waals surface area contributed by atoms with Crippen molar-refractivity contribution in [3.63, 3.8) is 0 Å². The highest BCUT2D eigenvalue weighted by molar-refractivity contribution is 5.94. The maximum Gasteiger partial charge on any atom is 0.309 e. The normalized spacial score (nSPS) is 17.7. The van der Waals surface area contributed by atoms with Gasteiger partial charge >= 0.3 is 5.97 Å². The third-order valence-electron chi connectivity index (χ3n) is 4.12. The molecule has 1 saturated heterocycles. The van der Waals surface area contributed by atoms with Gasteiger partial charge in [-0.15, -0.1) is 0 Å². The lowest BCUT2D eigenvalue weighted by molar-refractivity contribution is -0.149. The summed E-state index contributed by atoms with van der Waals surface area (Å²) in [6.45, 7) is 5.64. The molecule has 1 fully saturated rings. The van der Waals surface area contributed by atoms with Crippen molar-refractivity contribution in [2.75, 3.05) is 25.0 Å². The molecule has 1 heterocycles. The first-order chi connectivity index (χ1) is 10.6. The second-order valence-corrected chi connectivity index (χ2v) is 5.59. The lowest BCUT2D eigenvalue weighted by Gasteiger charge is -2.34. The van der Waals surface area contributed by atoms with E-state index in [2.05, 4.69) is 10.2 Å². The van der Waals surface area contributed by atoms with Crippen LogP contribution in [0.15, 0.2) is 30.3 Å². The number of hydrogen-bond acceptors (Lipinski definition) is 4. The summed E-state index contributed by atoms with van der Waals surface area (Å²) in [5.41, 5.74) is 0.806. The van der Waals surface area contributed by atoms with Crippen molar-refractivity contribution in [3.05, 3.63) is 30.3 Å². The number of benzene rings is 1.